The molecule has 1 aromatic carbocycles. The molecule has 0 saturated heterocycles. The van der Waals surface area contributed by atoms with E-state index in [9.17, 15) is 14.7 Å². The van der Waals surface area contributed by atoms with Crippen molar-refractivity contribution in [2.24, 2.45) is 0 Å². The summed E-state index contributed by atoms with van der Waals surface area (Å²) in [5.41, 5.74) is 4.71. The number of pyridine rings is 2. The number of benzene rings is 1. The van der Waals surface area contributed by atoms with Crippen LogP contribution in [0.1, 0.15) is 54.3 Å². The number of aromatic carboxylic acids is 1. The summed E-state index contributed by atoms with van der Waals surface area (Å²) in [7, 11) is 0. The van der Waals surface area contributed by atoms with Crippen LogP contribution in [0.25, 0.3) is 22.2 Å². The molecule has 34 heavy (non-hydrogen) atoms. The van der Waals surface area contributed by atoms with Crippen LogP contribution < -0.4 is 0 Å². The number of carbonyl (C=O) groups excluding carboxylic acids is 1. The lowest BCUT2D eigenvalue weighted by molar-refractivity contribution is -0.117. The summed E-state index contributed by atoms with van der Waals surface area (Å²) in [5.74, 6) is -1.89. The predicted octanol–water partition coefficient (Wildman–Crippen LogP) is 5.77. The van der Waals surface area contributed by atoms with Crippen LogP contribution in [0.3, 0.4) is 0 Å². The highest BCUT2D eigenvalue weighted by atomic mass is 35.5. The summed E-state index contributed by atoms with van der Waals surface area (Å²) in [5, 5.41) is 17.5. The van der Waals surface area contributed by atoms with Crippen molar-refractivity contribution in [3.05, 3.63) is 82.9 Å². The second kappa shape index (κ2) is 9.19. The van der Waals surface area contributed by atoms with E-state index >= 15 is 0 Å². The quantitative estimate of drug-likeness (QED) is 0.330. The first kappa shape index (κ1) is 23.3. The van der Waals surface area contributed by atoms with Crippen molar-refractivity contribution in [3.63, 3.8) is 0 Å². The van der Waals surface area contributed by atoms with Gasteiger partial charge < -0.3 is 15.1 Å². The third-order valence-electron chi connectivity index (χ3n) is 5.91. The molecule has 0 fully saturated rings. The van der Waals surface area contributed by atoms with Gasteiger partial charge in [0.05, 0.1) is 39.3 Å². The number of halogens is 1. The molecule has 0 aliphatic heterocycles. The Labute approximate surface area is 201 Å². The van der Waals surface area contributed by atoms with E-state index in [0.717, 1.165) is 22.3 Å². The van der Waals surface area contributed by atoms with Gasteiger partial charge in [0.25, 0.3) is 0 Å². The van der Waals surface area contributed by atoms with Crippen LogP contribution in [0.4, 0.5) is 0 Å². The van der Waals surface area contributed by atoms with Crippen LogP contribution in [0, 0.1) is 5.41 Å². The Morgan fingerprint density at radius 1 is 1.12 bits per heavy atom. The second-order valence-electron chi connectivity index (χ2n) is 8.24. The van der Waals surface area contributed by atoms with Crippen LogP contribution in [0.15, 0.2) is 61.1 Å². The zero-order valence-electron chi connectivity index (χ0n) is 18.9. The Hall–Kier alpha value is -3.84. The van der Waals surface area contributed by atoms with E-state index < -0.39 is 11.9 Å². The minimum Gasteiger partial charge on any atom is -0.478 e. The van der Waals surface area contributed by atoms with Gasteiger partial charge in [-0.15, -0.1) is 0 Å². The standard InChI is InChI=1S/C26H23ClN4O3/c1-14(28)24(16(3)32)18-11-23-25(30-12-18)20(17-7-8-19(26(33)34)21(27)10-17)13-31(23)15(2)22-6-4-5-9-29-22/h4-13,15,24,28H,1-3H3,(H,33,34)/t15-,24?/m0/s1. The lowest BCUT2D eigenvalue weighted by Crippen LogP contribution is -2.17. The number of nitrogens with zero attached hydrogens (tertiary/aromatic N) is 3. The van der Waals surface area contributed by atoms with Gasteiger partial charge in [-0.25, -0.2) is 4.79 Å². The molecule has 2 N–H and O–H groups in total. The minimum absolute atomic E-state index is 0.0250. The largest absolute Gasteiger partial charge is 0.478 e. The molecule has 2 atom stereocenters. The van der Waals surface area contributed by atoms with Crippen molar-refractivity contribution in [2.45, 2.75) is 32.7 Å². The Morgan fingerprint density at radius 2 is 1.88 bits per heavy atom. The van der Waals surface area contributed by atoms with E-state index in [1.165, 1.54) is 13.0 Å². The highest BCUT2D eigenvalue weighted by molar-refractivity contribution is 6.33. The summed E-state index contributed by atoms with van der Waals surface area (Å²) in [6.07, 6.45) is 5.29. The highest BCUT2D eigenvalue weighted by Crippen LogP contribution is 2.36. The minimum atomic E-state index is -1.09. The Morgan fingerprint density at radius 3 is 2.47 bits per heavy atom. The number of nitrogens with one attached hydrogen (secondary N) is 1. The van der Waals surface area contributed by atoms with Gasteiger partial charge in [-0.2, -0.15) is 0 Å². The van der Waals surface area contributed by atoms with Gasteiger partial charge >= 0.3 is 5.97 Å². The Balaban J connectivity index is 1.96. The molecule has 3 aromatic heterocycles. The summed E-state index contributed by atoms with van der Waals surface area (Å²) < 4.78 is 2.03. The van der Waals surface area contributed by atoms with Crippen molar-refractivity contribution in [1.82, 2.24) is 14.5 Å². The molecular weight excluding hydrogens is 452 g/mol. The van der Waals surface area contributed by atoms with Gasteiger partial charge in [0.1, 0.15) is 5.78 Å². The van der Waals surface area contributed by atoms with Crippen molar-refractivity contribution in [1.29, 1.82) is 5.41 Å². The maximum absolute atomic E-state index is 12.3. The Kier molecular flexibility index (Phi) is 6.30. The number of carboxylic acids is 1. The van der Waals surface area contributed by atoms with Crippen LogP contribution in [-0.4, -0.2) is 37.1 Å². The normalized spacial score (nSPS) is 12.9. The molecule has 0 radical (unpaired) electrons. The zero-order valence-corrected chi connectivity index (χ0v) is 19.7. The maximum atomic E-state index is 12.3. The zero-order chi connectivity index (χ0) is 24.6. The maximum Gasteiger partial charge on any atom is 0.337 e. The monoisotopic (exact) mass is 474 g/mol. The average Bonchev–Trinajstić information content (AvgIpc) is 3.17. The molecule has 7 nitrogen and oxygen atoms in total. The van der Waals surface area contributed by atoms with Crippen molar-refractivity contribution in [2.75, 3.05) is 0 Å². The highest BCUT2D eigenvalue weighted by Gasteiger charge is 2.23. The van der Waals surface area contributed by atoms with E-state index in [1.54, 1.807) is 31.5 Å². The summed E-state index contributed by atoms with van der Waals surface area (Å²) >= 11 is 6.25. The molecule has 0 bridgehead atoms. The first-order valence-corrected chi connectivity index (χ1v) is 11.1. The van der Waals surface area contributed by atoms with Crippen LogP contribution >= 0.6 is 11.6 Å². The van der Waals surface area contributed by atoms with Gasteiger partial charge in [-0.05, 0) is 62.2 Å². The Bertz CT molecular complexity index is 1420. The van der Waals surface area contributed by atoms with E-state index in [0.29, 0.717) is 11.1 Å². The number of ketones is 1. The van der Waals surface area contributed by atoms with Gasteiger partial charge in [0.15, 0.2) is 0 Å². The molecular formula is C26H23ClN4O3. The summed E-state index contributed by atoms with van der Waals surface area (Å²) in [6.45, 7) is 5.10. The van der Waals surface area contributed by atoms with E-state index in [1.807, 2.05) is 42.0 Å². The summed E-state index contributed by atoms with van der Waals surface area (Å²) in [4.78, 5) is 32.8. The van der Waals surface area contributed by atoms with Gasteiger partial charge in [-0.1, -0.05) is 23.7 Å². The van der Waals surface area contributed by atoms with E-state index in [-0.39, 0.29) is 28.1 Å². The fourth-order valence-corrected chi connectivity index (χ4v) is 4.51. The first-order chi connectivity index (χ1) is 16.2. The smallest absolute Gasteiger partial charge is 0.337 e. The molecule has 0 amide bonds. The number of carbonyl (C=O) groups is 2. The lowest BCUT2D eigenvalue weighted by Gasteiger charge is -2.16. The molecule has 0 aliphatic carbocycles. The van der Waals surface area contributed by atoms with Gasteiger partial charge in [-0.3, -0.25) is 14.8 Å². The number of fused-ring (bicyclic) bond motifs is 1. The van der Waals surface area contributed by atoms with Crippen molar-refractivity contribution < 1.29 is 14.7 Å². The number of rotatable bonds is 7. The SMILES string of the molecule is CC(=N)C(C(C)=O)c1cnc2c(-c3ccc(C(=O)O)c(Cl)c3)cn([C@@H](C)c3ccccn3)c2c1. The molecule has 0 saturated carbocycles. The van der Waals surface area contributed by atoms with E-state index in [4.69, 9.17) is 17.0 Å². The molecule has 3 heterocycles. The number of carboxylic acid groups (broad SMARTS) is 1. The molecule has 0 aliphatic rings. The van der Waals surface area contributed by atoms with Crippen LogP contribution in [0.5, 0.6) is 0 Å². The van der Waals surface area contributed by atoms with Gasteiger partial charge in [0, 0.05) is 29.9 Å². The third-order valence-corrected chi connectivity index (χ3v) is 6.22. The molecule has 0 spiro atoms. The van der Waals surface area contributed by atoms with Gasteiger partial charge in [0.2, 0.25) is 0 Å². The molecule has 8 heteroatoms. The number of hydrogen-bond donors (Lipinski definition) is 2. The number of Topliss-reactive ketones (excluding diaryl/α,β-unsaturated/α-hetero) is 1. The second-order valence-corrected chi connectivity index (χ2v) is 8.65. The first-order valence-electron chi connectivity index (χ1n) is 10.7. The van der Waals surface area contributed by atoms with Crippen LogP contribution in [-0.2, 0) is 4.79 Å². The topological polar surface area (TPSA) is 109 Å². The fraction of sp³-hybridized carbons (Fsp3) is 0.192. The summed E-state index contributed by atoms with van der Waals surface area (Å²) in [6, 6.07) is 12.2. The van der Waals surface area contributed by atoms with E-state index in [2.05, 4.69) is 9.97 Å². The molecule has 172 valence electrons. The lowest BCUT2D eigenvalue weighted by atomic mass is 9.92. The van der Waals surface area contributed by atoms with Crippen molar-refractivity contribution >= 4 is 40.1 Å². The number of hydrogen-bond acceptors (Lipinski definition) is 5. The molecule has 4 rings (SSSR count). The van der Waals surface area contributed by atoms with Crippen LogP contribution in [0.2, 0.25) is 5.02 Å². The fourth-order valence-electron chi connectivity index (χ4n) is 4.24. The third kappa shape index (κ3) is 4.22. The molecule has 4 aromatic rings. The molecule has 1 unspecified atom stereocenters. The van der Waals surface area contributed by atoms with Crippen molar-refractivity contribution in [3.8, 4) is 11.1 Å². The average molecular weight is 475 g/mol. The predicted molar refractivity (Wildman–Crippen MR) is 132 cm³/mol. The number of aromatic nitrogens is 3.